The molecule has 2 heterocycles. The third-order valence-corrected chi connectivity index (χ3v) is 2.24. The monoisotopic (exact) mass is 182 g/mol. The van der Waals surface area contributed by atoms with Crippen molar-refractivity contribution in [2.45, 2.75) is 5.75 Å². The number of fused-ring (bicyclic) bond motifs is 1. The van der Waals surface area contributed by atoms with E-state index in [9.17, 15) is 10.1 Å². The average Bonchev–Trinajstić information content (AvgIpc) is 2.49. The first-order chi connectivity index (χ1) is 5.77. The van der Waals surface area contributed by atoms with Crippen molar-refractivity contribution in [1.29, 1.82) is 0 Å². The fourth-order valence-electron chi connectivity index (χ4n) is 0.924. The number of pyridine rings is 1. The Balaban J connectivity index is 2.45. The molecule has 0 saturated heterocycles. The summed E-state index contributed by atoms with van der Waals surface area (Å²) in [6, 6.07) is 3.10. The van der Waals surface area contributed by atoms with E-state index in [1.54, 1.807) is 6.07 Å². The van der Waals surface area contributed by atoms with Crippen LogP contribution in [0.1, 0.15) is 5.56 Å². The minimum atomic E-state index is -0.515. The summed E-state index contributed by atoms with van der Waals surface area (Å²) in [6.45, 7) is 0. The number of aromatic nitrogens is 1. The van der Waals surface area contributed by atoms with Crippen LogP contribution in [0.3, 0.4) is 0 Å². The van der Waals surface area contributed by atoms with Gasteiger partial charge in [-0.25, -0.2) is 0 Å². The molecule has 0 aliphatic carbocycles. The smallest absolute Gasteiger partial charge is 0.358 e. The van der Waals surface area contributed by atoms with Gasteiger partial charge in [0.1, 0.15) is 0 Å². The highest BCUT2D eigenvalue weighted by Crippen LogP contribution is 2.30. The number of nitrogens with zero attached hydrogens (tertiary/aromatic N) is 3. The van der Waals surface area contributed by atoms with Crippen LogP contribution in [0.2, 0.25) is 0 Å². The summed E-state index contributed by atoms with van der Waals surface area (Å²) >= 11 is 1.36. The van der Waals surface area contributed by atoms with Crippen molar-refractivity contribution in [2.24, 2.45) is 0 Å². The van der Waals surface area contributed by atoms with Gasteiger partial charge >= 0.3 is 5.82 Å². The van der Waals surface area contributed by atoms with Crippen LogP contribution in [-0.4, -0.2) is 9.91 Å². The van der Waals surface area contributed by atoms with Gasteiger partial charge in [-0.2, -0.15) is 4.72 Å². The van der Waals surface area contributed by atoms with Crippen molar-refractivity contribution < 1.29 is 4.92 Å². The second kappa shape index (κ2) is 2.63. The van der Waals surface area contributed by atoms with E-state index in [1.165, 1.54) is 18.0 Å². The standard InChI is InChI=1S/C6H4N3O2S/c10-9(11)5-2-1-4-3-12-8-6(4)7-5/h1-2H,3H2. The van der Waals surface area contributed by atoms with Gasteiger partial charge in [0, 0.05) is 17.4 Å². The van der Waals surface area contributed by atoms with E-state index < -0.39 is 4.92 Å². The van der Waals surface area contributed by atoms with E-state index in [0.717, 1.165) is 11.3 Å². The van der Waals surface area contributed by atoms with E-state index in [4.69, 9.17) is 0 Å². The molecule has 1 radical (unpaired) electrons. The third-order valence-electron chi connectivity index (χ3n) is 1.50. The first-order valence-electron chi connectivity index (χ1n) is 3.25. The molecule has 2 rings (SSSR count). The highest BCUT2D eigenvalue weighted by atomic mass is 32.2. The second-order valence-electron chi connectivity index (χ2n) is 2.27. The van der Waals surface area contributed by atoms with Crippen molar-refractivity contribution in [3.05, 3.63) is 27.8 Å². The minimum absolute atomic E-state index is 0.139. The summed E-state index contributed by atoms with van der Waals surface area (Å²) in [7, 11) is 0. The number of nitro groups is 1. The maximum Gasteiger partial charge on any atom is 0.365 e. The molecule has 0 aromatic carbocycles. The maximum atomic E-state index is 10.3. The van der Waals surface area contributed by atoms with Gasteiger partial charge in [0.05, 0.1) is 0 Å². The van der Waals surface area contributed by atoms with Gasteiger partial charge in [-0.3, -0.25) is 0 Å². The largest absolute Gasteiger partial charge is 0.365 e. The summed E-state index contributed by atoms with van der Waals surface area (Å²) in [5.74, 6) is 1.12. The molecule has 0 spiro atoms. The van der Waals surface area contributed by atoms with Gasteiger partial charge in [0.25, 0.3) is 5.82 Å². The summed E-state index contributed by atoms with van der Waals surface area (Å²) in [4.78, 5) is 13.5. The van der Waals surface area contributed by atoms with Crippen LogP contribution in [0.25, 0.3) is 0 Å². The summed E-state index contributed by atoms with van der Waals surface area (Å²) in [5.41, 5.74) is 0.964. The molecule has 0 N–H and O–H groups in total. The molecule has 61 valence electrons. The highest BCUT2D eigenvalue weighted by Gasteiger charge is 2.21. The molecule has 1 aliphatic rings. The van der Waals surface area contributed by atoms with Crippen molar-refractivity contribution in [3.8, 4) is 0 Å². The lowest BCUT2D eigenvalue weighted by Crippen LogP contribution is -1.93. The fraction of sp³-hybridized carbons (Fsp3) is 0.167. The summed E-state index contributed by atoms with van der Waals surface area (Å²) in [6.07, 6.45) is 0. The molecule has 0 atom stereocenters. The lowest BCUT2D eigenvalue weighted by Gasteiger charge is -1.92. The van der Waals surface area contributed by atoms with Crippen LogP contribution in [0, 0.1) is 10.1 Å². The molecule has 0 saturated carbocycles. The molecule has 1 aromatic heterocycles. The Kier molecular flexibility index (Phi) is 1.61. The van der Waals surface area contributed by atoms with Crippen molar-refractivity contribution in [2.75, 3.05) is 0 Å². The van der Waals surface area contributed by atoms with E-state index in [0.29, 0.717) is 5.82 Å². The fourth-order valence-corrected chi connectivity index (χ4v) is 1.63. The van der Waals surface area contributed by atoms with Crippen LogP contribution in [0.5, 0.6) is 0 Å². The molecule has 6 heteroatoms. The van der Waals surface area contributed by atoms with Gasteiger partial charge in [-0.1, -0.05) is 0 Å². The predicted octanol–water partition coefficient (Wildman–Crippen LogP) is 1.39. The van der Waals surface area contributed by atoms with Crippen molar-refractivity contribution in [3.63, 3.8) is 0 Å². The summed E-state index contributed by atoms with van der Waals surface area (Å²) in [5, 5.41) is 10.3. The van der Waals surface area contributed by atoms with Gasteiger partial charge in [-0.15, -0.1) is 0 Å². The van der Waals surface area contributed by atoms with Crippen LogP contribution < -0.4 is 4.72 Å². The molecule has 5 nitrogen and oxygen atoms in total. The zero-order chi connectivity index (χ0) is 8.55. The maximum absolute atomic E-state index is 10.3. The molecule has 0 amide bonds. The highest BCUT2D eigenvalue weighted by molar-refractivity contribution is 7.97. The molecule has 0 unspecified atom stereocenters. The molecule has 1 aliphatic heterocycles. The van der Waals surface area contributed by atoms with Gasteiger partial charge in [-0.05, 0) is 27.9 Å². The quantitative estimate of drug-likeness (QED) is 0.374. The first kappa shape index (κ1) is 7.35. The van der Waals surface area contributed by atoms with Gasteiger partial charge in [0.15, 0.2) is 0 Å². The Morgan fingerprint density at radius 3 is 3.17 bits per heavy atom. The summed E-state index contributed by atoms with van der Waals surface area (Å²) < 4.78 is 3.94. The molecular formula is C6H4N3O2S. The lowest BCUT2D eigenvalue weighted by atomic mass is 10.3. The Labute approximate surface area is 72.5 Å². The second-order valence-corrected chi connectivity index (χ2v) is 3.00. The van der Waals surface area contributed by atoms with Crippen LogP contribution in [-0.2, 0) is 5.75 Å². The first-order valence-corrected chi connectivity index (χ1v) is 4.19. The minimum Gasteiger partial charge on any atom is -0.358 e. The van der Waals surface area contributed by atoms with Gasteiger partial charge < -0.3 is 10.1 Å². The Morgan fingerprint density at radius 2 is 2.42 bits per heavy atom. The topological polar surface area (TPSA) is 70.1 Å². The normalized spacial score (nSPS) is 13.7. The number of hydrogen-bond donors (Lipinski definition) is 0. The molecular weight excluding hydrogens is 178 g/mol. The molecule has 0 bridgehead atoms. The van der Waals surface area contributed by atoms with Crippen LogP contribution in [0.15, 0.2) is 12.1 Å². The zero-order valence-electron chi connectivity index (χ0n) is 5.93. The Bertz CT molecular complexity index is 342. The van der Waals surface area contributed by atoms with Crippen molar-refractivity contribution in [1.82, 2.24) is 9.71 Å². The Morgan fingerprint density at radius 1 is 1.58 bits per heavy atom. The van der Waals surface area contributed by atoms with Crippen molar-refractivity contribution >= 4 is 23.6 Å². The number of rotatable bonds is 1. The van der Waals surface area contributed by atoms with E-state index >= 15 is 0 Å². The molecule has 0 fully saturated rings. The molecule has 1 aromatic rings. The van der Waals surface area contributed by atoms with E-state index in [-0.39, 0.29) is 5.82 Å². The lowest BCUT2D eigenvalue weighted by molar-refractivity contribution is -0.389. The number of hydrogen-bond acceptors (Lipinski definition) is 4. The predicted molar refractivity (Wildman–Crippen MR) is 44.0 cm³/mol. The van der Waals surface area contributed by atoms with Gasteiger partial charge in [0.2, 0.25) is 0 Å². The van der Waals surface area contributed by atoms with Crippen LogP contribution in [0.4, 0.5) is 11.6 Å². The average molecular weight is 182 g/mol. The van der Waals surface area contributed by atoms with Crippen LogP contribution >= 0.6 is 11.9 Å². The SMILES string of the molecule is O=[N+]([O-])c1ccc2c(n1)[N]SC2. The van der Waals surface area contributed by atoms with E-state index in [1.807, 2.05) is 0 Å². The molecule has 12 heavy (non-hydrogen) atoms. The Hall–Kier alpha value is -1.30. The zero-order valence-corrected chi connectivity index (χ0v) is 6.74. The van der Waals surface area contributed by atoms with E-state index in [2.05, 4.69) is 9.71 Å². The third kappa shape index (κ3) is 1.10.